The van der Waals surface area contributed by atoms with Crippen LogP contribution in [0.1, 0.15) is 0 Å². The third-order valence-corrected chi connectivity index (χ3v) is 4.94. The zero-order valence-electron chi connectivity index (χ0n) is 16.1. The van der Waals surface area contributed by atoms with E-state index in [-0.39, 0.29) is 11.3 Å². The first-order valence-corrected chi connectivity index (χ1v) is 9.26. The number of oxazole rings is 1. The van der Waals surface area contributed by atoms with Gasteiger partial charge in [-0.25, -0.2) is 9.18 Å². The Morgan fingerprint density at radius 2 is 1.90 bits per heavy atom. The van der Waals surface area contributed by atoms with E-state index >= 15 is 0 Å². The molecule has 3 aromatic rings. The molecule has 1 fully saturated rings. The quantitative estimate of drug-likeness (QED) is 0.630. The SMILES string of the molecule is COc1cc(N2CCN(C(=O)C(=O)Nc3ccc4[nH]c(=O)oc4c3)CC2)ccc1F. The summed E-state index contributed by atoms with van der Waals surface area (Å²) in [6.45, 7) is 1.68. The molecule has 2 aromatic carbocycles. The number of nitrogens with zero attached hydrogens (tertiary/aromatic N) is 2. The van der Waals surface area contributed by atoms with Crippen molar-refractivity contribution in [2.24, 2.45) is 0 Å². The fourth-order valence-corrected chi connectivity index (χ4v) is 3.36. The highest BCUT2D eigenvalue weighted by Gasteiger charge is 2.26. The summed E-state index contributed by atoms with van der Waals surface area (Å²) in [4.78, 5) is 42.0. The van der Waals surface area contributed by atoms with Crippen LogP contribution in [0.15, 0.2) is 45.6 Å². The summed E-state index contributed by atoms with van der Waals surface area (Å²) in [6.07, 6.45) is 0. The first kappa shape index (κ1) is 19.5. The minimum Gasteiger partial charge on any atom is -0.494 e. The number of rotatable bonds is 3. The Balaban J connectivity index is 1.37. The molecule has 1 aromatic heterocycles. The number of carbonyl (C=O) groups is 2. The van der Waals surface area contributed by atoms with Crippen molar-refractivity contribution in [1.82, 2.24) is 9.88 Å². The molecule has 0 saturated carbocycles. The standard InChI is InChI=1S/C20H19FN4O5/c1-29-16-11-13(3-4-14(16)21)24-6-8-25(9-7-24)19(27)18(26)22-12-2-5-15-17(10-12)30-20(28)23-15/h2-5,10-11H,6-9H2,1H3,(H,22,26)(H,23,28). The van der Waals surface area contributed by atoms with E-state index in [0.717, 1.165) is 5.69 Å². The van der Waals surface area contributed by atoms with E-state index in [2.05, 4.69) is 10.3 Å². The maximum absolute atomic E-state index is 13.6. The molecule has 0 spiro atoms. The lowest BCUT2D eigenvalue weighted by Crippen LogP contribution is -2.51. The molecule has 30 heavy (non-hydrogen) atoms. The van der Waals surface area contributed by atoms with Crippen LogP contribution in [0.25, 0.3) is 11.1 Å². The molecule has 1 aliphatic heterocycles. The molecule has 1 saturated heterocycles. The molecule has 0 aliphatic carbocycles. The molecule has 4 rings (SSSR count). The van der Waals surface area contributed by atoms with Gasteiger partial charge in [-0.15, -0.1) is 0 Å². The molecule has 10 heteroatoms. The number of carbonyl (C=O) groups excluding carboxylic acids is 2. The predicted octanol–water partition coefficient (Wildman–Crippen LogP) is 1.56. The second kappa shape index (κ2) is 7.90. The lowest BCUT2D eigenvalue weighted by molar-refractivity contribution is -0.143. The molecule has 0 bridgehead atoms. The Bertz CT molecular complexity index is 1160. The van der Waals surface area contributed by atoms with Gasteiger partial charge in [0.15, 0.2) is 17.1 Å². The van der Waals surface area contributed by atoms with Crippen molar-refractivity contribution in [3.05, 3.63) is 52.8 Å². The van der Waals surface area contributed by atoms with E-state index < -0.39 is 23.4 Å². The number of benzene rings is 2. The molecule has 2 amide bonds. The van der Waals surface area contributed by atoms with Gasteiger partial charge in [-0.3, -0.25) is 14.6 Å². The summed E-state index contributed by atoms with van der Waals surface area (Å²) in [5.74, 6) is -2.31. The second-order valence-electron chi connectivity index (χ2n) is 6.78. The van der Waals surface area contributed by atoms with Crippen LogP contribution >= 0.6 is 0 Å². The van der Waals surface area contributed by atoms with E-state index in [0.29, 0.717) is 37.4 Å². The van der Waals surface area contributed by atoms with Gasteiger partial charge >= 0.3 is 17.6 Å². The van der Waals surface area contributed by atoms with Crippen molar-refractivity contribution in [2.75, 3.05) is 43.5 Å². The lowest BCUT2D eigenvalue weighted by atomic mass is 10.2. The van der Waals surface area contributed by atoms with Crippen LogP contribution < -0.4 is 20.7 Å². The van der Waals surface area contributed by atoms with Gasteiger partial charge in [0.2, 0.25) is 0 Å². The summed E-state index contributed by atoms with van der Waals surface area (Å²) < 4.78 is 23.6. The van der Waals surface area contributed by atoms with Crippen LogP contribution in [0.5, 0.6) is 5.75 Å². The molecule has 0 radical (unpaired) electrons. The van der Waals surface area contributed by atoms with Crippen molar-refractivity contribution in [3.63, 3.8) is 0 Å². The number of anilines is 2. The molecule has 9 nitrogen and oxygen atoms in total. The first-order chi connectivity index (χ1) is 14.4. The van der Waals surface area contributed by atoms with Crippen molar-refractivity contribution >= 4 is 34.3 Å². The second-order valence-corrected chi connectivity index (χ2v) is 6.78. The Kier molecular flexibility index (Phi) is 5.13. The first-order valence-electron chi connectivity index (χ1n) is 9.26. The highest BCUT2D eigenvalue weighted by molar-refractivity contribution is 6.39. The van der Waals surface area contributed by atoms with Gasteiger partial charge in [-0.2, -0.15) is 0 Å². The molecular formula is C20H19FN4O5. The number of fused-ring (bicyclic) bond motifs is 1. The number of hydrogen-bond donors (Lipinski definition) is 2. The summed E-state index contributed by atoms with van der Waals surface area (Å²) in [6, 6.07) is 9.21. The van der Waals surface area contributed by atoms with Gasteiger partial charge < -0.3 is 24.3 Å². The largest absolute Gasteiger partial charge is 0.494 e. The Morgan fingerprint density at radius 3 is 2.63 bits per heavy atom. The molecular weight excluding hydrogens is 395 g/mol. The van der Waals surface area contributed by atoms with Crippen LogP contribution in [0, 0.1) is 5.82 Å². The topological polar surface area (TPSA) is 108 Å². The molecule has 0 unspecified atom stereocenters. The van der Waals surface area contributed by atoms with E-state index in [1.54, 1.807) is 24.3 Å². The van der Waals surface area contributed by atoms with Crippen molar-refractivity contribution in [3.8, 4) is 5.75 Å². The van der Waals surface area contributed by atoms with Crippen LogP contribution in [0.2, 0.25) is 0 Å². The number of ether oxygens (including phenoxy) is 1. The smallest absolute Gasteiger partial charge is 0.417 e. The predicted molar refractivity (Wildman–Crippen MR) is 107 cm³/mol. The van der Waals surface area contributed by atoms with Crippen LogP contribution in [-0.2, 0) is 9.59 Å². The molecule has 2 heterocycles. The lowest BCUT2D eigenvalue weighted by Gasteiger charge is -2.35. The van der Waals surface area contributed by atoms with Crippen LogP contribution in [-0.4, -0.2) is 55.0 Å². The number of amides is 2. The third-order valence-electron chi connectivity index (χ3n) is 4.94. The number of aromatic amines is 1. The average Bonchev–Trinajstić information content (AvgIpc) is 3.13. The minimum absolute atomic E-state index is 0.153. The van der Waals surface area contributed by atoms with E-state index in [1.165, 1.54) is 24.1 Å². The van der Waals surface area contributed by atoms with Crippen molar-refractivity contribution in [1.29, 1.82) is 0 Å². The monoisotopic (exact) mass is 414 g/mol. The maximum Gasteiger partial charge on any atom is 0.417 e. The molecule has 1 aliphatic rings. The fourth-order valence-electron chi connectivity index (χ4n) is 3.36. The minimum atomic E-state index is -0.774. The Hall–Kier alpha value is -3.82. The number of piperazine rings is 1. The Morgan fingerprint density at radius 1 is 1.13 bits per heavy atom. The summed E-state index contributed by atoms with van der Waals surface area (Å²) in [5.41, 5.74) is 1.92. The summed E-state index contributed by atoms with van der Waals surface area (Å²) in [7, 11) is 1.40. The zero-order valence-corrected chi connectivity index (χ0v) is 16.1. The molecule has 0 atom stereocenters. The zero-order chi connectivity index (χ0) is 21.3. The van der Waals surface area contributed by atoms with Crippen LogP contribution in [0.3, 0.4) is 0 Å². The van der Waals surface area contributed by atoms with Gasteiger partial charge in [0.25, 0.3) is 0 Å². The normalized spacial score (nSPS) is 14.1. The number of H-pyrrole nitrogens is 1. The number of methoxy groups -OCH3 is 1. The van der Waals surface area contributed by atoms with E-state index in [9.17, 15) is 18.8 Å². The van der Waals surface area contributed by atoms with E-state index in [1.807, 2.05) is 4.90 Å². The van der Waals surface area contributed by atoms with Crippen LogP contribution in [0.4, 0.5) is 15.8 Å². The maximum atomic E-state index is 13.6. The van der Waals surface area contributed by atoms with Crippen molar-refractivity contribution < 1.29 is 23.1 Å². The fraction of sp³-hybridized carbons (Fsp3) is 0.250. The molecule has 2 N–H and O–H groups in total. The molecule has 156 valence electrons. The van der Waals surface area contributed by atoms with Gasteiger partial charge in [-0.1, -0.05) is 0 Å². The van der Waals surface area contributed by atoms with Crippen molar-refractivity contribution in [2.45, 2.75) is 0 Å². The van der Waals surface area contributed by atoms with E-state index in [4.69, 9.17) is 9.15 Å². The van der Waals surface area contributed by atoms with Gasteiger partial charge in [0.05, 0.1) is 12.6 Å². The van der Waals surface area contributed by atoms with Gasteiger partial charge in [-0.05, 0) is 24.3 Å². The summed E-state index contributed by atoms with van der Waals surface area (Å²) >= 11 is 0. The number of aromatic nitrogens is 1. The summed E-state index contributed by atoms with van der Waals surface area (Å²) in [5, 5.41) is 2.53. The highest BCUT2D eigenvalue weighted by atomic mass is 19.1. The van der Waals surface area contributed by atoms with Gasteiger partial charge in [0, 0.05) is 49.7 Å². The number of hydrogen-bond acceptors (Lipinski definition) is 6. The number of nitrogens with one attached hydrogen (secondary N) is 2. The number of halogens is 1. The highest BCUT2D eigenvalue weighted by Crippen LogP contribution is 2.25. The van der Waals surface area contributed by atoms with Gasteiger partial charge in [0.1, 0.15) is 0 Å². The third kappa shape index (κ3) is 3.84. The Labute approximate surface area is 170 Å². The average molecular weight is 414 g/mol.